The number of hydrogen-bond donors (Lipinski definition) is 0. The van der Waals surface area contributed by atoms with Crippen LogP contribution in [-0.2, 0) is 13.1 Å². The SMILES string of the molecule is CN(Cc1cn(-c2ccccc2)nc1-c1ccccc1)C(=O)c1ccc(Cn2ccccc2=O)o1. The van der Waals surface area contributed by atoms with E-state index in [2.05, 4.69) is 0 Å². The van der Waals surface area contributed by atoms with Crippen molar-refractivity contribution in [1.29, 1.82) is 0 Å². The summed E-state index contributed by atoms with van der Waals surface area (Å²) in [5.41, 5.74) is 3.53. The normalized spacial score (nSPS) is 10.9. The van der Waals surface area contributed by atoms with Crippen LogP contribution in [0.15, 0.2) is 113 Å². The number of furan rings is 1. The van der Waals surface area contributed by atoms with Crippen LogP contribution >= 0.6 is 0 Å². The molecule has 0 aliphatic heterocycles. The molecule has 0 spiro atoms. The Kier molecular flexibility index (Phi) is 6.13. The highest BCUT2D eigenvalue weighted by atomic mass is 16.4. The lowest BCUT2D eigenvalue weighted by Crippen LogP contribution is -2.26. The zero-order chi connectivity index (χ0) is 24.2. The number of amides is 1. The molecular formula is C28H24N4O3. The van der Waals surface area contributed by atoms with Crippen LogP contribution < -0.4 is 5.56 Å². The molecule has 2 aromatic carbocycles. The zero-order valence-electron chi connectivity index (χ0n) is 19.2. The fourth-order valence-corrected chi connectivity index (χ4v) is 3.93. The standard InChI is InChI=1S/C28H24N4O3/c1-30(28(34)25-16-15-24(35-25)20-31-17-9-8-14-26(31)33)18-22-19-32(23-12-6-3-7-13-23)29-27(22)21-10-4-2-5-11-21/h2-17,19H,18,20H2,1H3. The summed E-state index contributed by atoms with van der Waals surface area (Å²) < 4.78 is 9.14. The Morgan fingerprint density at radius 3 is 2.37 bits per heavy atom. The Morgan fingerprint density at radius 1 is 0.914 bits per heavy atom. The summed E-state index contributed by atoms with van der Waals surface area (Å²) >= 11 is 0. The van der Waals surface area contributed by atoms with E-state index >= 15 is 0 Å². The predicted molar refractivity (Wildman–Crippen MR) is 133 cm³/mol. The zero-order valence-corrected chi connectivity index (χ0v) is 19.2. The molecule has 0 N–H and O–H groups in total. The molecule has 5 rings (SSSR count). The van der Waals surface area contributed by atoms with Crippen LogP contribution in [0.25, 0.3) is 16.9 Å². The largest absolute Gasteiger partial charge is 0.454 e. The van der Waals surface area contributed by atoms with E-state index in [1.54, 1.807) is 42.4 Å². The third kappa shape index (κ3) is 4.84. The lowest BCUT2D eigenvalue weighted by atomic mass is 10.1. The van der Waals surface area contributed by atoms with Crippen LogP contribution in [0.1, 0.15) is 21.9 Å². The van der Waals surface area contributed by atoms with Crippen LogP contribution in [0.3, 0.4) is 0 Å². The highest BCUT2D eigenvalue weighted by Gasteiger charge is 2.20. The molecule has 5 aromatic rings. The molecule has 35 heavy (non-hydrogen) atoms. The monoisotopic (exact) mass is 464 g/mol. The number of carbonyl (C=O) groups excluding carboxylic acids is 1. The lowest BCUT2D eigenvalue weighted by Gasteiger charge is -2.15. The maximum absolute atomic E-state index is 13.1. The van der Waals surface area contributed by atoms with Gasteiger partial charge >= 0.3 is 0 Å². The number of aromatic nitrogens is 3. The maximum atomic E-state index is 13.1. The highest BCUT2D eigenvalue weighted by Crippen LogP contribution is 2.25. The van der Waals surface area contributed by atoms with Gasteiger partial charge in [-0.25, -0.2) is 4.68 Å². The highest BCUT2D eigenvalue weighted by molar-refractivity contribution is 5.91. The number of hydrogen-bond acceptors (Lipinski definition) is 4. The van der Waals surface area contributed by atoms with Crippen molar-refractivity contribution in [3.05, 3.63) is 131 Å². The molecule has 7 heteroatoms. The first-order valence-corrected chi connectivity index (χ1v) is 11.3. The number of nitrogens with zero attached hydrogens (tertiary/aromatic N) is 4. The van der Waals surface area contributed by atoms with Gasteiger partial charge in [0.1, 0.15) is 5.76 Å². The number of para-hydroxylation sites is 1. The quantitative estimate of drug-likeness (QED) is 0.353. The van der Waals surface area contributed by atoms with Gasteiger partial charge in [0.15, 0.2) is 5.76 Å². The molecule has 0 unspecified atom stereocenters. The molecule has 0 saturated carbocycles. The van der Waals surface area contributed by atoms with Gasteiger partial charge in [-0.15, -0.1) is 0 Å². The maximum Gasteiger partial charge on any atom is 0.289 e. The first-order chi connectivity index (χ1) is 17.1. The summed E-state index contributed by atoms with van der Waals surface area (Å²) in [6.07, 6.45) is 3.64. The Bertz CT molecular complexity index is 1500. The first-order valence-electron chi connectivity index (χ1n) is 11.3. The summed E-state index contributed by atoms with van der Waals surface area (Å²) in [4.78, 5) is 26.7. The van der Waals surface area contributed by atoms with Gasteiger partial charge in [0.25, 0.3) is 11.5 Å². The number of rotatable bonds is 7. The summed E-state index contributed by atoms with van der Waals surface area (Å²) in [5.74, 6) is 0.517. The van der Waals surface area contributed by atoms with Gasteiger partial charge in [0.05, 0.1) is 17.9 Å². The van der Waals surface area contributed by atoms with Crippen molar-refractivity contribution in [2.45, 2.75) is 13.1 Å². The minimum atomic E-state index is -0.247. The Labute approximate surface area is 202 Å². The van der Waals surface area contributed by atoms with Crippen molar-refractivity contribution >= 4 is 5.91 Å². The average molecular weight is 465 g/mol. The second kappa shape index (κ2) is 9.69. The van der Waals surface area contributed by atoms with E-state index in [1.807, 2.05) is 71.5 Å². The van der Waals surface area contributed by atoms with Crippen LogP contribution in [0.4, 0.5) is 0 Å². The van der Waals surface area contributed by atoms with Crippen molar-refractivity contribution in [2.24, 2.45) is 0 Å². The molecule has 174 valence electrons. The number of carbonyl (C=O) groups is 1. The topological polar surface area (TPSA) is 73.3 Å². The van der Waals surface area contributed by atoms with E-state index in [4.69, 9.17) is 9.52 Å². The van der Waals surface area contributed by atoms with Crippen molar-refractivity contribution in [3.8, 4) is 16.9 Å². The molecule has 0 atom stereocenters. The molecule has 0 radical (unpaired) electrons. The Morgan fingerprint density at radius 2 is 1.63 bits per heavy atom. The molecular weight excluding hydrogens is 440 g/mol. The Hall–Kier alpha value is -4.65. The van der Waals surface area contributed by atoms with E-state index in [9.17, 15) is 9.59 Å². The molecule has 0 saturated heterocycles. The van der Waals surface area contributed by atoms with Gasteiger partial charge in [0, 0.05) is 43.2 Å². The van der Waals surface area contributed by atoms with Crippen molar-refractivity contribution in [2.75, 3.05) is 7.05 Å². The summed E-state index contributed by atoms with van der Waals surface area (Å²) in [6, 6.07) is 28.1. The third-order valence-corrected chi connectivity index (χ3v) is 5.71. The van der Waals surface area contributed by atoms with Gasteiger partial charge < -0.3 is 13.9 Å². The lowest BCUT2D eigenvalue weighted by molar-refractivity contribution is 0.0751. The predicted octanol–water partition coefficient (Wildman–Crippen LogP) is 4.61. The molecule has 0 aliphatic rings. The number of pyridine rings is 1. The van der Waals surface area contributed by atoms with E-state index in [1.165, 1.54) is 10.6 Å². The molecule has 7 nitrogen and oxygen atoms in total. The molecule has 3 heterocycles. The van der Waals surface area contributed by atoms with Gasteiger partial charge in [-0.3, -0.25) is 9.59 Å². The molecule has 1 amide bonds. The van der Waals surface area contributed by atoms with Gasteiger partial charge in [-0.1, -0.05) is 54.6 Å². The van der Waals surface area contributed by atoms with E-state index < -0.39 is 0 Å². The minimum absolute atomic E-state index is 0.127. The van der Waals surface area contributed by atoms with Gasteiger partial charge in [-0.05, 0) is 30.3 Å². The van der Waals surface area contributed by atoms with Crippen LogP contribution in [0.2, 0.25) is 0 Å². The van der Waals surface area contributed by atoms with Crippen LogP contribution in [0, 0.1) is 0 Å². The van der Waals surface area contributed by atoms with E-state index in [0.717, 1.165) is 22.5 Å². The van der Waals surface area contributed by atoms with Gasteiger partial charge in [-0.2, -0.15) is 5.10 Å². The van der Waals surface area contributed by atoms with Crippen molar-refractivity contribution in [3.63, 3.8) is 0 Å². The summed E-state index contributed by atoms with van der Waals surface area (Å²) in [5, 5.41) is 4.82. The molecule has 0 bridgehead atoms. The van der Waals surface area contributed by atoms with Crippen LogP contribution in [-0.4, -0.2) is 32.2 Å². The van der Waals surface area contributed by atoms with Crippen LogP contribution in [0.5, 0.6) is 0 Å². The smallest absolute Gasteiger partial charge is 0.289 e. The second-order valence-corrected chi connectivity index (χ2v) is 8.24. The Balaban J connectivity index is 1.38. The van der Waals surface area contributed by atoms with Gasteiger partial charge in [0.2, 0.25) is 0 Å². The second-order valence-electron chi connectivity index (χ2n) is 8.24. The molecule has 0 fully saturated rings. The molecule has 0 aliphatic carbocycles. The third-order valence-electron chi connectivity index (χ3n) is 5.71. The van der Waals surface area contributed by atoms with Crippen molar-refractivity contribution < 1.29 is 9.21 Å². The summed E-state index contributed by atoms with van der Waals surface area (Å²) in [6.45, 7) is 0.614. The fourth-order valence-electron chi connectivity index (χ4n) is 3.93. The fraction of sp³-hybridized carbons (Fsp3) is 0.107. The number of benzene rings is 2. The average Bonchev–Trinajstić information content (AvgIpc) is 3.53. The minimum Gasteiger partial charge on any atom is -0.454 e. The first kappa shape index (κ1) is 22.2. The summed E-state index contributed by atoms with van der Waals surface area (Å²) in [7, 11) is 1.74. The molecule has 3 aromatic heterocycles. The van der Waals surface area contributed by atoms with E-state index in [0.29, 0.717) is 12.3 Å². The van der Waals surface area contributed by atoms with E-state index in [-0.39, 0.29) is 23.8 Å². The van der Waals surface area contributed by atoms with Crippen molar-refractivity contribution in [1.82, 2.24) is 19.2 Å².